The SMILES string of the molecule is C/C=C/COCC=C(C)C. The first-order valence-corrected chi connectivity index (χ1v) is 3.59. The molecule has 0 saturated carbocycles. The standard InChI is InChI=1S/C9H16O/c1-4-5-7-10-8-6-9(2)3/h4-6H,7-8H2,1-3H3/b5-4+. The summed E-state index contributed by atoms with van der Waals surface area (Å²) in [6.07, 6.45) is 6.06. The molecule has 1 heteroatoms. The van der Waals surface area contributed by atoms with Crippen LogP contribution in [0.1, 0.15) is 20.8 Å². The van der Waals surface area contributed by atoms with Crippen molar-refractivity contribution in [3.63, 3.8) is 0 Å². The summed E-state index contributed by atoms with van der Waals surface area (Å²) >= 11 is 0. The largest absolute Gasteiger partial charge is 0.373 e. The Bertz CT molecular complexity index is 119. The molecule has 0 saturated heterocycles. The first-order chi connectivity index (χ1) is 4.77. The Morgan fingerprint density at radius 2 is 2.00 bits per heavy atom. The van der Waals surface area contributed by atoms with Crippen molar-refractivity contribution in [3.8, 4) is 0 Å². The summed E-state index contributed by atoms with van der Waals surface area (Å²) in [5.41, 5.74) is 1.31. The molecule has 0 spiro atoms. The first-order valence-electron chi connectivity index (χ1n) is 3.59. The minimum absolute atomic E-state index is 0.722. The van der Waals surface area contributed by atoms with E-state index >= 15 is 0 Å². The Balaban J connectivity index is 3.13. The lowest BCUT2D eigenvalue weighted by Gasteiger charge is -1.94. The molecule has 0 atom stereocenters. The fraction of sp³-hybridized carbons (Fsp3) is 0.556. The topological polar surface area (TPSA) is 9.23 Å². The Morgan fingerprint density at radius 3 is 2.50 bits per heavy atom. The summed E-state index contributed by atoms with van der Waals surface area (Å²) in [5, 5.41) is 0. The second-order valence-electron chi connectivity index (χ2n) is 2.39. The minimum atomic E-state index is 0.722. The quantitative estimate of drug-likeness (QED) is 0.430. The van der Waals surface area contributed by atoms with Gasteiger partial charge in [-0.2, -0.15) is 0 Å². The molecule has 0 amide bonds. The van der Waals surface area contributed by atoms with Gasteiger partial charge in [-0.15, -0.1) is 0 Å². The lowest BCUT2D eigenvalue weighted by molar-refractivity contribution is 0.193. The van der Waals surface area contributed by atoms with Crippen LogP contribution in [0.4, 0.5) is 0 Å². The highest BCUT2D eigenvalue weighted by Crippen LogP contribution is 1.88. The minimum Gasteiger partial charge on any atom is -0.373 e. The van der Waals surface area contributed by atoms with E-state index in [2.05, 4.69) is 19.9 Å². The van der Waals surface area contributed by atoms with Crippen molar-refractivity contribution in [1.82, 2.24) is 0 Å². The third-order valence-electron chi connectivity index (χ3n) is 1.06. The van der Waals surface area contributed by atoms with E-state index in [9.17, 15) is 0 Å². The Morgan fingerprint density at radius 1 is 1.30 bits per heavy atom. The van der Waals surface area contributed by atoms with Gasteiger partial charge >= 0.3 is 0 Å². The number of rotatable bonds is 4. The molecule has 0 aliphatic heterocycles. The number of allylic oxidation sites excluding steroid dienone is 2. The summed E-state index contributed by atoms with van der Waals surface area (Å²) in [7, 11) is 0. The Hall–Kier alpha value is -0.560. The maximum Gasteiger partial charge on any atom is 0.0654 e. The van der Waals surface area contributed by atoms with Crippen molar-refractivity contribution in [3.05, 3.63) is 23.8 Å². The van der Waals surface area contributed by atoms with Crippen LogP contribution >= 0.6 is 0 Å². The van der Waals surface area contributed by atoms with Gasteiger partial charge in [-0.3, -0.25) is 0 Å². The highest BCUT2D eigenvalue weighted by atomic mass is 16.5. The van der Waals surface area contributed by atoms with E-state index in [1.54, 1.807) is 0 Å². The van der Waals surface area contributed by atoms with Gasteiger partial charge in [0, 0.05) is 0 Å². The highest BCUT2D eigenvalue weighted by molar-refractivity contribution is 4.92. The van der Waals surface area contributed by atoms with Crippen molar-refractivity contribution in [1.29, 1.82) is 0 Å². The second-order valence-corrected chi connectivity index (χ2v) is 2.39. The van der Waals surface area contributed by atoms with E-state index in [0.717, 1.165) is 13.2 Å². The van der Waals surface area contributed by atoms with Gasteiger partial charge in [-0.1, -0.05) is 23.8 Å². The van der Waals surface area contributed by atoms with E-state index < -0.39 is 0 Å². The highest BCUT2D eigenvalue weighted by Gasteiger charge is 1.78. The average Bonchev–Trinajstić information content (AvgIpc) is 1.87. The summed E-state index contributed by atoms with van der Waals surface area (Å²) in [6.45, 7) is 7.58. The van der Waals surface area contributed by atoms with Gasteiger partial charge in [-0.05, 0) is 20.8 Å². The normalized spacial score (nSPS) is 10.3. The number of ether oxygens (including phenoxy) is 1. The summed E-state index contributed by atoms with van der Waals surface area (Å²) in [6, 6.07) is 0. The van der Waals surface area contributed by atoms with Crippen molar-refractivity contribution in [2.24, 2.45) is 0 Å². The van der Waals surface area contributed by atoms with Gasteiger partial charge in [0.2, 0.25) is 0 Å². The molecule has 0 rings (SSSR count). The summed E-state index contributed by atoms with van der Waals surface area (Å²) in [4.78, 5) is 0. The van der Waals surface area contributed by atoms with Crippen molar-refractivity contribution < 1.29 is 4.74 Å². The van der Waals surface area contributed by atoms with Crippen LogP contribution in [0.5, 0.6) is 0 Å². The predicted molar refractivity (Wildman–Crippen MR) is 45.1 cm³/mol. The average molecular weight is 140 g/mol. The molecule has 0 aliphatic carbocycles. The van der Waals surface area contributed by atoms with E-state index in [-0.39, 0.29) is 0 Å². The maximum absolute atomic E-state index is 5.22. The van der Waals surface area contributed by atoms with Crippen LogP contribution in [0.3, 0.4) is 0 Å². The van der Waals surface area contributed by atoms with Gasteiger partial charge in [0.1, 0.15) is 0 Å². The summed E-state index contributed by atoms with van der Waals surface area (Å²) < 4.78 is 5.22. The first kappa shape index (κ1) is 9.44. The molecule has 58 valence electrons. The molecule has 0 aromatic heterocycles. The van der Waals surface area contributed by atoms with Crippen LogP contribution in [0, 0.1) is 0 Å². The van der Waals surface area contributed by atoms with Crippen LogP contribution in [0.25, 0.3) is 0 Å². The summed E-state index contributed by atoms with van der Waals surface area (Å²) in [5.74, 6) is 0. The van der Waals surface area contributed by atoms with Crippen LogP contribution in [0.15, 0.2) is 23.8 Å². The van der Waals surface area contributed by atoms with Crippen molar-refractivity contribution >= 4 is 0 Å². The molecule has 10 heavy (non-hydrogen) atoms. The fourth-order valence-electron chi connectivity index (χ4n) is 0.458. The monoisotopic (exact) mass is 140 g/mol. The number of hydrogen-bond donors (Lipinski definition) is 0. The molecule has 0 N–H and O–H groups in total. The molecule has 0 aromatic carbocycles. The Kier molecular flexibility index (Phi) is 6.19. The van der Waals surface area contributed by atoms with E-state index in [1.807, 2.05) is 19.1 Å². The zero-order chi connectivity index (χ0) is 7.82. The maximum atomic E-state index is 5.22. The van der Waals surface area contributed by atoms with Gasteiger partial charge in [0.25, 0.3) is 0 Å². The third-order valence-corrected chi connectivity index (χ3v) is 1.06. The van der Waals surface area contributed by atoms with Crippen LogP contribution < -0.4 is 0 Å². The molecule has 0 bridgehead atoms. The van der Waals surface area contributed by atoms with Crippen LogP contribution in [0.2, 0.25) is 0 Å². The van der Waals surface area contributed by atoms with E-state index in [0.29, 0.717) is 0 Å². The smallest absolute Gasteiger partial charge is 0.0654 e. The molecular weight excluding hydrogens is 124 g/mol. The predicted octanol–water partition coefficient (Wildman–Crippen LogP) is 2.55. The fourth-order valence-corrected chi connectivity index (χ4v) is 0.458. The molecule has 0 unspecified atom stereocenters. The molecule has 0 fully saturated rings. The third kappa shape index (κ3) is 7.44. The van der Waals surface area contributed by atoms with Crippen LogP contribution in [-0.4, -0.2) is 13.2 Å². The van der Waals surface area contributed by atoms with Gasteiger partial charge in [-0.25, -0.2) is 0 Å². The lowest BCUT2D eigenvalue weighted by Crippen LogP contribution is -1.90. The van der Waals surface area contributed by atoms with Crippen molar-refractivity contribution in [2.45, 2.75) is 20.8 Å². The Labute approximate surface area is 63.4 Å². The molecule has 0 radical (unpaired) electrons. The second kappa shape index (κ2) is 6.56. The zero-order valence-electron chi connectivity index (χ0n) is 7.05. The molecular formula is C9H16O. The molecule has 1 nitrogen and oxygen atoms in total. The van der Waals surface area contributed by atoms with Crippen LogP contribution in [-0.2, 0) is 4.74 Å². The van der Waals surface area contributed by atoms with Crippen molar-refractivity contribution in [2.75, 3.05) is 13.2 Å². The lowest BCUT2D eigenvalue weighted by atomic mass is 10.3. The van der Waals surface area contributed by atoms with Gasteiger partial charge < -0.3 is 4.74 Å². The van der Waals surface area contributed by atoms with E-state index in [1.165, 1.54) is 5.57 Å². The molecule has 0 aromatic rings. The molecule has 0 heterocycles. The van der Waals surface area contributed by atoms with E-state index in [4.69, 9.17) is 4.74 Å². The van der Waals surface area contributed by atoms with Gasteiger partial charge in [0.15, 0.2) is 0 Å². The van der Waals surface area contributed by atoms with Gasteiger partial charge in [0.05, 0.1) is 13.2 Å². The molecule has 0 aliphatic rings. The number of hydrogen-bond acceptors (Lipinski definition) is 1. The zero-order valence-corrected chi connectivity index (χ0v) is 7.05.